The monoisotopic (exact) mass is 213 g/mol. The number of hydrogen-bond acceptors (Lipinski definition) is 4. The van der Waals surface area contributed by atoms with Gasteiger partial charge < -0.3 is 5.11 Å². The maximum Gasteiger partial charge on any atom is 0.144 e. The van der Waals surface area contributed by atoms with E-state index in [1.807, 2.05) is 13.0 Å². The molecule has 1 saturated heterocycles. The highest BCUT2D eigenvalue weighted by molar-refractivity contribution is 6.29. The first-order valence-corrected chi connectivity index (χ1v) is 4.88. The van der Waals surface area contributed by atoms with Gasteiger partial charge in [0.05, 0.1) is 11.9 Å². The van der Waals surface area contributed by atoms with Crippen molar-refractivity contribution in [2.24, 2.45) is 5.92 Å². The standard InChI is InChI=1S/C9H12ClN3O/c1-6-4-12-13(9(6)14)7-2-3-8(10)11-5-7/h2-3,5-6,9,12,14H,4H2,1H3. The molecule has 2 atom stereocenters. The minimum atomic E-state index is -0.502. The van der Waals surface area contributed by atoms with Crippen molar-refractivity contribution in [1.29, 1.82) is 0 Å². The van der Waals surface area contributed by atoms with Gasteiger partial charge in [0.15, 0.2) is 0 Å². The van der Waals surface area contributed by atoms with Gasteiger partial charge in [0.25, 0.3) is 0 Å². The van der Waals surface area contributed by atoms with Crippen LogP contribution in [-0.2, 0) is 0 Å². The second kappa shape index (κ2) is 3.73. The second-order valence-corrected chi connectivity index (χ2v) is 3.85. The maximum atomic E-state index is 9.78. The Labute approximate surface area is 87.5 Å². The molecule has 0 spiro atoms. The lowest BCUT2D eigenvalue weighted by Crippen LogP contribution is -2.37. The molecule has 0 bridgehead atoms. The number of halogens is 1. The van der Waals surface area contributed by atoms with E-state index in [-0.39, 0.29) is 5.92 Å². The summed E-state index contributed by atoms with van der Waals surface area (Å²) in [4.78, 5) is 3.96. The first kappa shape index (κ1) is 9.71. The van der Waals surface area contributed by atoms with Gasteiger partial charge in [-0.2, -0.15) is 0 Å². The first-order valence-electron chi connectivity index (χ1n) is 4.51. The Hall–Kier alpha value is -0.840. The average Bonchev–Trinajstić information content (AvgIpc) is 2.50. The van der Waals surface area contributed by atoms with Crippen molar-refractivity contribution in [2.45, 2.75) is 13.2 Å². The molecule has 14 heavy (non-hydrogen) atoms. The van der Waals surface area contributed by atoms with Crippen molar-refractivity contribution >= 4 is 17.3 Å². The molecule has 1 aromatic rings. The van der Waals surface area contributed by atoms with E-state index in [4.69, 9.17) is 11.6 Å². The van der Waals surface area contributed by atoms with E-state index in [1.54, 1.807) is 17.3 Å². The van der Waals surface area contributed by atoms with Crippen LogP contribution in [0.3, 0.4) is 0 Å². The van der Waals surface area contributed by atoms with Crippen LogP contribution >= 0.6 is 11.6 Å². The van der Waals surface area contributed by atoms with E-state index in [0.717, 1.165) is 12.2 Å². The molecule has 2 unspecified atom stereocenters. The van der Waals surface area contributed by atoms with Gasteiger partial charge in [0.1, 0.15) is 11.4 Å². The minimum absolute atomic E-state index is 0.214. The van der Waals surface area contributed by atoms with Gasteiger partial charge in [-0.25, -0.2) is 10.4 Å². The van der Waals surface area contributed by atoms with Gasteiger partial charge in [0, 0.05) is 12.5 Å². The molecule has 2 heterocycles. The predicted octanol–water partition coefficient (Wildman–Crippen LogP) is 1.01. The molecule has 1 aliphatic heterocycles. The lowest BCUT2D eigenvalue weighted by Gasteiger charge is -2.22. The highest BCUT2D eigenvalue weighted by Gasteiger charge is 2.29. The molecule has 0 amide bonds. The van der Waals surface area contributed by atoms with E-state index in [2.05, 4.69) is 10.4 Å². The Morgan fingerprint density at radius 1 is 1.64 bits per heavy atom. The van der Waals surface area contributed by atoms with Crippen LogP contribution in [0.1, 0.15) is 6.92 Å². The smallest absolute Gasteiger partial charge is 0.144 e. The molecule has 0 radical (unpaired) electrons. The normalized spacial score (nSPS) is 26.9. The van der Waals surface area contributed by atoms with Crippen LogP contribution in [0.5, 0.6) is 0 Å². The van der Waals surface area contributed by atoms with Gasteiger partial charge in [-0.3, -0.25) is 5.01 Å². The molecule has 5 heteroatoms. The van der Waals surface area contributed by atoms with Crippen LogP contribution in [0.4, 0.5) is 5.69 Å². The fraction of sp³-hybridized carbons (Fsp3) is 0.444. The van der Waals surface area contributed by atoms with Crippen LogP contribution in [0.25, 0.3) is 0 Å². The number of pyridine rings is 1. The summed E-state index contributed by atoms with van der Waals surface area (Å²) < 4.78 is 0. The summed E-state index contributed by atoms with van der Waals surface area (Å²) in [6, 6.07) is 3.53. The fourth-order valence-corrected chi connectivity index (χ4v) is 1.56. The van der Waals surface area contributed by atoms with E-state index in [1.165, 1.54) is 0 Å². The summed E-state index contributed by atoms with van der Waals surface area (Å²) in [5.41, 5.74) is 3.92. The SMILES string of the molecule is CC1CNN(c2ccc(Cl)nc2)C1O. The van der Waals surface area contributed by atoms with Crippen molar-refractivity contribution in [3.05, 3.63) is 23.5 Å². The number of aromatic nitrogens is 1. The van der Waals surface area contributed by atoms with E-state index >= 15 is 0 Å². The van der Waals surface area contributed by atoms with E-state index < -0.39 is 6.23 Å². The Balaban J connectivity index is 2.19. The van der Waals surface area contributed by atoms with Gasteiger partial charge in [-0.15, -0.1) is 0 Å². The Kier molecular flexibility index (Phi) is 2.58. The zero-order valence-electron chi connectivity index (χ0n) is 7.81. The van der Waals surface area contributed by atoms with Gasteiger partial charge in [-0.05, 0) is 12.1 Å². The van der Waals surface area contributed by atoms with Crippen LogP contribution in [0.2, 0.25) is 5.15 Å². The number of hydrazine groups is 1. The van der Waals surface area contributed by atoms with Crippen LogP contribution in [0.15, 0.2) is 18.3 Å². The molecule has 1 aliphatic rings. The summed E-state index contributed by atoms with van der Waals surface area (Å²) in [6.45, 7) is 2.75. The largest absolute Gasteiger partial charge is 0.372 e. The number of rotatable bonds is 1. The molecule has 76 valence electrons. The zero-order valence-corrected chi connectivity index (χ0v) is 8.57. The summed E-state index contributed by atoms with van der Waals surface area (Å²) >= 11 is 5.67. The summed E-state index contributed by atoms with van der Waals surface area (Å²) in [7, 11) is 0. The molecule has 1 fully saturated rings. The molecule has 0 aliphatic carbocycles. The molecule has 0 saturated carbocycles. The van der Waals surface area contributed by atoms with Crippen molar-refractivity contribution < 1.29 is 5.11 Å². The van der Waals surface area contributed by atoms with Crippen LogP contribution in [0, 0.1) is 5.92 Å². The second-order valence-electron chi connectivity index (χ2n) is 3.46. The lowest BCUT2D eigenvalue weighted by atomic mass is 10.2. The molecule has 2 rings (SSSR count). The van der Waals surface area contributed by atoms with Crippen molar-refractivity contribution in [2.75, 3.05) is 11.6 Å². The zero-order chi connectivity index (χ0) is 10.1. The van der Waals surface area contributed by atoms with Crippen molar-refractivity contribution in [3.63, 3.8) is 0 Å². The van der Waals surface area contributed by atoms with Crippen LogP contribution < -0.4 is 10.4 Å². The summed E-state index contributed by atoms with van der Waals surface area (Å²) in [5.74, 6) is 0.214. The predicted molar refractivity (Wildman–Crippen MR) is 54.9 cm³/mol. The first-order chi connectivity index (χ1) is 6.68. The highest BCUT2D eigenvalue weighted by Crippen LogP contribution is 2.22. The lowest BCUT2D eigenvalue weighted by molar-refractivity contribution is 0.145. The van der Waals surface area contributed by atoms with Crippen LogP contribution in [-0.4, -0.2) is 22.9 Å². The number of nitrogens with one attached hydrogen (secondary N) is 1. The van der Waals surface area contributed by atoms with Crippen molar-refractivity contribution in [1.82, 2.24) is 10.4 Å². The third-order valence-electron chi connectivity index (χ3n) is 2.35. The molecular weight excluding hydrogens is 202 g/mol. The molecular formula is C9H12ClN3O. The number of nitrogens with zero attached hydrogens (tertiary/aromatic N) is 2. The van der Waals surface area contributed by atoms with Crippen molar-refractivity contribution in [3.8, 4) is 0 Å². The van der Waals surface area contributed by atoms with Gasteiger partial charge in [0.2, 0.25) is 0 Å². The molecule has 1 aromatic heterocycles. The number of aliphatic hydroxyl groups is 1. The third kappa shape index (κ3) is 1.68. The fourth-order valence-electron chi connectivity index (χ4n) is 1.45. The Morgan fingerprint density at radius 3 is 2.93 bits per heavy atom. The average molecular weight is 214 g/mol. The summed E-state index contributed by atoms with van der Waals surface area (Å²) in [6.07, 6.45) is 1.13. The topological polar surface area (TPSA) is 48.4 Å². The molecule has 0 aromatic carbocycles. The maximum absolute atomic E-state index is 9.78. The third-order valence-corrected chi connectivity index (χ3v) is 2.57. The molecule has 2 N–H and O–H groups in total. The minimum Gasteiger partial charge on any atom is -0.372 e. The molecule has 4 nitrogen and oxygen atoms in total. The quantitative estimate of drug-likeness (QED) is 0.684. The Morgan fingerprint density at radius 2 is 2.43 bits per heavy atom. The highest BCUT2D eigenvalue weighted by atomic mass is 35.5. The number of anilines is 1. The Bertz CT molecular complexity index is 316. The summed E-state index contributed by atoms with van der Waals surface area (Å²) in [5, 5.41) is 11.9. The van der Waals surface area contributed by atoms with Gasteiger partial charge in [-0.1, -0.05) is 18.5 Å². The van der Waals surface area contributed by atoms with E-state index in [0.29, 0.717) is 5.15 Å². The number of aliphatic hydroxyl groups excluding tert-OH is 1. The van der Waals surface area contributed by atoms with Gasteiger partial charge >= 0.3 is 0 Å². The number of hydrogen-bond donors (Lipinski definition) is 2. The van der Waals surface area contributed by atoms with E-state index in [9.17, 15) is 5.11 Å².